The van der Waals surface area contributed by atoms with E-state index in [1.165, 1.54) is 12.1 Å². The topological polar surface area (TPSA) is 29.5 Å². The van der Waals surface area contributed by atoms with E-state index in [0.717, 1.165) is 5.56 Å². The molecule has 0 unspecified atom stereocenters. The number of hydrogen-bond donors (Lipinski definition) is 1. The minimum absolute atomic E-state index is 0.232. The third-order valence-corrected chi connectivity index (χ3v) is 1.94. The molecule has 0 aliphatic rings. The maximum absolute atomic E-state index is 13.3. The highest BCUT2D eigenvalue weighted by atomic mass is 19.1. The van der Waals surface area contributed by atoms with Crippen molar-refractivity contribution < 1.29 is 14.2 Å². The Morgan fingerprint density at radius 1 is 1.29 bits per heavy atom. The van der Waals surface area contributed by atoms with Crippen LogP contribution in [0.25, 0.3) is 0 Å². The van der Waals surface area contributed by atoms with Gasteiger partial charge in [0, 0.05) is 5.56 Å². The first kappa shape index (κ1) is 13.7. The Bertz CT molecular complexity index is 436. The molecule has 0 amide bonds. The summed E-state index contributed by atoms with van der Waals surface area (Å²) in [6.45, 7) is 5.94. The van der Waals surface area contributed by atoms with Crippen molar-refractivity contribution in [1.29, 1.82) is 0 Å². The largest absolute Gasteiger partial charge is 0.384 e. The summed E-state index contributed by atoms with van der Waals surface area (Å²) in [7, 11) is 0. The first-order valence-corrected chi connectivity index (χ1v) is 5.44. The fourth-order valence-corrected chi connectivity index (χ4v) is 1.25. The highest BCUT2D eigenvalue weighted by molar-refractivity contribution is 5.37. The predicted octanol–water partition coefficient (Wildman–Crippen LogP) is 2.48. The van der Waals surface area contributed by atoms with E-state index >= 15 is 0 Å². The van der Waals surface area contributed by atoms with Crippen LogP contribution in [-0.2, 0) is 11.3 Å². The molecule has 0 saturated carbocycles. The van der Waals surface area contributed by atoms with E-state index in [1.807, 2.05) is 20.8 Å². The first-order valence-electron chi connectivity index (χ1n) is 5.44. The molecule has 1 N–H and O–H groups in total. The summed E-state index contributed by atoms with van der Waals surface area (Å²) in [4.78, 5) is 0. The van der Waals surface area contributed by atoms with Crippen LogP contribution in [0, 0.1) is 17.7 Å². The standard InChI is InChI=1S/C14H17FO2/c1-14(2,3)17-10-12-7-11(5-4-6-16)8-13(15)9-12/h7-9,16H,6,10H2,1-3H3. The lowest BCUT2D eigenvalue weighted by atomic mass is 10.1. The average Bonchev–Trinajstić information content (AvgIpc) is 2.22. The minimum atomic E-state index is -0.345. The van der Waals surface area contributed by atoms with Crippen LogP contribution in [0.15, 0.2) is 18.2 Å². The van der Waals surface area contributed by atoms with E-state index in [4.69, 9.17) is 9.84 Å². The number of hydrogen-bond acceptors (Lipinski definition) is 2. The highest BCUT2D eigenvalue weighted by Gasteiger charge is 2.10. The third kappa shape index (κ3) is 5.48. The molecule has 0 saturated heterocycles. The van der Waals surface area contributed by atoms with Crippen LogP contribution in [0.2, 0.25) is 0 Å². The van der Waals surface area contributed by atoms with Gasteiger partial charge in [0.1, 0.15) is 12.4 Å². The summed E-state index contributed by atoms with van der Waals surface area (Å²) in [6.07, 6.45) is 0. The Kier molecular flexibility index (Phi) is 4.68. The molecule has 1 aromatic rings. The van der Waals surface area contributed by atoms with Crippen molar-refractivity contribution in [3.8, 4) is 11.8 Å². The predicted molar refractivity (Wildman–Crippen MR) is 64.9 cm³/mol. The van der Waals surface area contributed by atoms with Gasteiger partial charge >= 0.3 is 0 Å². The van der Waals surface area contributed by atoms with Gasteiger partial charge in [-0.1, -0.05) is 11.8 Å². The van der Waals surface area contributed by atoms with E-state index in [2.05, 4.69) is 11.8 Å². The van der Waals surface area contributed by atoms with Gasteiger partial charge in [-0.15, -0.1) is 0 Å². The van der Waals surface area contributed by atoms with Crippen LogP contribution in [-0.4, -0.2) is 17.3 Å². The number of aliphatic hydroxyl groups excluding tert-OH is 1. The number of rotatable bonds is 2. The molecule has 0 aliphatic heterocycles. The van der Waals surface area contributed by atoms with Gasteiger partial charge in [0.25, 0.3) is 0 Å². The van der Waals surface area contributed by atoms with E-state index in [1.54, 1.807) is 6.07 Å². The highest BCUT2D eigenvalue weighted by Crippen LogP contribution is 2.14. The van der Waals surface area contributed by atoms with Gasteiger partial charge in [-0.05, 0) is 44.5 Å². The van der Waals surface area contributed by atoms with Crippen molar-refractivity contribution in [2.75, 3.05) is 6.61 Å². The fraction of sp³-hybridized carbons (Fsp3) is 0.429. The number of ether oxygens (including phenoxy) is 1. The second-order valence-electron chi connectivity index (χ2n) is 4.71. The third-order valence-electron chi connectivity index (χ3n) is 1.94. The Morgan fingerprint density at radius 2 is 2.00 bits per heavy atom. The lowest BCUT2D eigenvalue weighted by molar-refractivity contribution is -0.0150. The van der Waals surface area contributed by atoms with Gasteiger partial charge in [-0.2, -0.15) is 0 Å². The van der Waals surface area contributed by atoms with Gasteiger partial charge in [0.05, 0.1) is 12.2 Å². The molecule has 0 bridgehead atoms. The molecule has 1 aromatic carbocycles. The second-order valence-corrected chi connectivity index (χ2v) is 4.71. The molecule has 0 heterocycles. The van der Waals surface area contributed by atoms with Gasteiger partial charge < -0.3 is 9.84 Å². The summed E-state index contributed by atoms with van der Waals surface area (Å²) in [5, 5.41) is 8.58. The number of aliphatic hydroxyl groups is 1. The molecule has 2 nitrogen and oxygen atoms in total. The minimum Gasteiger partial charge on any atom is -0.384 e. The quantitative estimate of drug-likeness (QED) is 0.799. The van der Waals surface area contributed by atoms with Crippen LogP contribution in [0.3, 0.4) is 0 Å². The maximum atomic E-state index is 13.3. The van der Waals surface area contributed by atoms with E-state index < -0.39 is 0 Å². The van der Waals surface area contributed by atoms with E-state index in [9.17, 15) is 4.39 Å². The molecule has 3 heteroatoms. The van der Waals surface area contributed by atoms with Crippen molar-refractivity contribution in [3.05, 3.63) is 35.1 Å². The van der Waals surface area contributed by atoms with Crippen molar-refractivity contribution in [1.82, 2.24) is 0 Å². The Morgan fingerprint density at radius 3 is 2.59 bits per heavy atom. The Hall–Kier alpha value is -1.37. The SMILES string of the molecule is CC(C)(C)OCc1cc(F)cc(C#CCO)c1. The van der Waals surface area contributed by atoms with Gasteiger partial charge in [0.15, 0.2) is 0 Å². The zero-order chi connectivity index (χ0) is 12.9. The molecule has 0 aliphatic carbocycles. The van der Waals surface area contributed by atoms with E-state index in [0.29, 0.717) is 12.2 Å². The molecule has 17 heavy (non-hydrogen) atoms. The summed E-state index contributed by atoms with van der Waals surface area (Å²) < 4.78 is 18.9. The summed E-state index contributed by atoms with van der Waals surface area (Å²) in [5.41, 5.74) is 1.03. The first-order chi connectivity index (χ1) is 7.90. The molecule has 0 aromatic heterocycles. The number of halogens is 1. The van der Waals surface area contributed by atoms with Crippen molar-refractivity contribution in [2.24, 2.45) is 0 Å². The molecule has 92 valence electrons. The Labute approximate surface area is 101 Å². The van der Waals surface area contributed by atoms with Crippen LogP contribution in [0.1, 0.15) is 31.9 Å². The lowest BCUT2D eigenvalue weighted by Crippen LogP contribution is -2.18. The summed E-state index contributed by atoms with van der Waals surface area (Å²) in [5.74, 6) is 4.82. The van der Waals surface area contributed by atoms with Gasteiger partial charge in [-0.3, -0.25) is 0 Å². The van der Waals surface area contributed by atoms with Gasteiger partial charge in [0.2, 0.25) is 0 Å². The van der Waals surface area contributed by atoms with Crippen molar-refractivity contribution in [2.45, 2.75) is 33.0 Å². The molecule has 0 radical (unpaired) electrons. The van der Waals surface area contributed by atoms with Gasteiger partial charge in [-0.25, -0.2) is 4.39 Å². The second kappa shape index (κ2) is 5.81. The monoisotopic (exact) mass is 236 g/mol. The average molecular weight is 236 g/mol. The van der Waals surface area contributed by atoms with Crippen molar-refractivity contribution in [3.63, 3.8) is 0 Å². The number of benzene rings is 1. The normalized spacial score (nSPS) is 10.9. The molecule has 0 atom stereocenters. The van der Waals surface area contributed by atoms with Crippen LogP contribution in [0.5, 0.6) is 0 Å². The molecule has 1 rings (SSSR count). The summed E-state index contributed by atoms with van der Waals surface area (Å²) in [6, 6.07) is 4.52. The van der Waals surface area contributed by atoms with Crippen LogP contribution < -0.4 is 0 Å². The van der Waals surface area contributed by atoms with Crippen molar-refractivity contribution >= 4 is 0 Å². The smallest absolute Gasteiger partial charge is 0.124 e. The maximum Gasteiger partial charge on any atom is 0.124 e. The van der Waals surface area contributed by atoms with Crippen LogP contribution >= 0.6 is 0 Å². The lowest BCUT2D eigenvalue weighted by Gasteiger charge is -2.19. The zero-order valence-corrected chi connectivity index (χ0v) is 10.4. The zero-order valence-electron chi connectivity index (χ0n) is 10.4. The molecular formula is C14H17FO2. The van der Waals surface area contributed by atoms with E-state index in [-0.39, 0.29) is 18.0 Å². The summed E-state index contributed by atoms with van der Waals surface area (Å²) >= 11 is 0. The molecule has 0 fully saturated rings. The Balaban J connectivity index is 2.82. The fourth-order valence-electron chi connectivity index (χ4n) is 1.25. The van der Waals surface area contributed by atoms with Crippen LogP contribution in [0.4, 0.5) is 4.39 Å². The molecular weight excluding hydrogens is 219 g/mol. The molecule has 0 spiro atoms.